The van der Waals surface area contributed by atoms with Gasteiger partial charge < -0.3 is 20.4 Å². The Bertz CT molecular complexity index is 425. The van der Waals surface area contributed by atoms with Crippen molar-refractivity contribution in [3.8, 4) is 0 Å². The number of piperidine rings is 1. The van der Waals surface area contributed by atoms with Gasteiger partial charge in [-0.3, -0.25) is 0 Å². The van der Waals surface area contributed by atoms with Crippen LogP contribution >= 0.6 is 0 Å². The molecule has 0 saturated carbocycles. The molecule has 1 fully saturated rings. The predicted octanol–water partition coefficient (Wildman–Crippen LogP) is 2.39. The molecule has 1 aliphatic rings. The number of nitrogens with zero attached hydrogens (tertiary/aromatic N) is 1. The van der Waals surface area contributed by atoms with Crippen molar-refractivity contribution in [2.24, 2.45) is 0 Å². The van der Waals surface area contributed by atoms with Crippen molar-refractivity contribution in [2.75, 3.05) is 31.6 Å². The molecule has 20 heavy (non-hydrogen) atoms. The summed E-state index contributed by atoms with van der Waals surface area (Å²) in [6.45, 7) is 6.72. The lowest BCUT2D eigenvalue weighted by Crippen LogP contribution is -2.50. The van der Waals surface area contributed by atoms with Crippen molar-refractivity contribution in [3.63, 3.8) is 0 Å². The van der Waals surface area contributed by atoms with Crippen molar-refractivity contribution in [3.05, 3.63) is 42.7 Å². The van der Waals surface area contributed by atoms with Gasteiger partial charge in [0.2, 0.25) is 0 Å². The van der Waals surface area contributed by atoms with Gasteiger partial charge in [0.25, 0.3) is 0 Å². The van der Waals surface area contributed by atoms with Gasteiger partial charge >= 0.3 is 0 Å². The molecule has 0 atom stereocenters. The zero-order valence-electron chi connectivity index (χ0n) is 11.9. The van der Waals surface area contributed by atoms with Gasteiger partial charge in [0, 0.05) is 31.9 Å². The maximum atomic E-state index is 10.0. The van der Waals surface area contributed by atoms with Crippen LogP contribution in [0, 0.1) is 0 Å². The summed E-state index contributed by atoms with van der Waals surface area (Å²) in [5.41, 5.74) is 0.573. The van der Waals surface area contributed by atoms with E-state index in [2.05, 4.69) is 16.8 Å². The second kappa shape index (κ2) is 6.77. The van der Waals surface area contributed by atoms with E-state index in [1.807, 2.05) is 30.3 Å². The first-order valence-corrected chi connectivity index (χ1v) is 7.21. The summed E-state index contributed by atoms with van der Waals surface area (Å²) in [6, 6.07) is 9.94. The van der Waals surface area contributed by atoms with Gasteiger partial charge in [-0.05, 0) is 31.4 Å². The Kier molecular flexibility index (Phi) is 5.04. The summed E-state index contributed by atoms with van der Waals surface area (Å²) in [5.74, 6) is 0.211. The fraction of sp³-hybridized carbons (Fsp3) is 0.500. The molecule has 1 saturated heterocycles. The molecule has 0 radical (unpaired) electrons. The molecule has 0 amide bonds. The second-order valence-corrected chi connectivity index (χ2v) is 5.44. The lowest BCUT2D eigenvalue weighted by molar-refractivity contribution is 0.150. The molecule has 0 bridgehead atoms. The fourth-order valence-electron chi connectivity index (χ4n) is 2.74. The molecule has 0 unspecified atom stereocenters. The summed E-state index contributed by atoms with van der Waals surface area (Å²) in [6.07, 6.45) is 2.45. The van der Waals surface area contributed by atoms with Crippen molar-refractivity contribution < 1.29 is 10.2 Å². The number of aliphatic hydroxyl groups is 2. The SMILES string of the molecule is C=C(O)C1(Nc2ccccc2)CCN(CCCO)CC1. The first-order valence-electron chi connectivity index (χ1n) is 7.21. The van der Waals surface area contributed by atoms with E-state index in [-0.39, 0.29) is 12.4 Å². The summed E-state index contributed by atoms with van der Waals surface area (Å²) in [7, 11) is 0. The molecule has 1 aliphatic heterocycles. The Morgan fingerprint density at radius 3 is 2.45 bits per heavy atom. The molecule has 1 heterocycles. The first kappa shape index (κ1) is 14.9. The van der Waals surface area contributed by atoms with Gasteiger partial charge in [0.05, 0.1) is 5.54 Å². The minimum absolute atomic E-state index is 0.211. The van der Waals surface area contributed by atoms with Gasteiger partial charge in [-0.1, -0.05) is 24.8 Å². The Hall–Kier alpha value is -1.52. The molecule has 1 aromatic carbocycles. The van der Waals surface area contributed by atoms with Crippen LogP contribution in [0.2, 0.25) is 0 Å². The zero-order valence-corrected chi connectivity index (χ0v) is 11.9. The third-order valence-corrected chi connectivity index (χ3v) is 4.05. The number of aliphatic hydroxyl groups excluding tert-OH is 2. The van der Waals surface area contributed by atoms with E-state index >= 15 is 0 Å². The highest BCUT2D eigenvalue weighted by molar-refractivity contribution is 5.47. The van der Waals surface area contributed by atoms with Crippen LogP contribution in [0.4, 0.5) is 5.69 Å². The van der Waals surface area contributed by atoms with Crippen LogP contribution in [0.15, 0.2) is 42.7 Å². The summed E-state index contributed by atoms with van der Waals surface area (Å²) < 4.78 is 0. The van der Waals surface area contributed by atoms with Crippen LogP contribution in [0.5, 0.6) is 0 Å². The first-order chi connectivity index (χ1) is 9.66. The van der Waals surface area contributed by atoms with Gasteiger partial charge in [-0.25, -0.2) is 0 Å². The Labute approximate surface area is 120 Å². The Morgan fingerprint density at radius 1 is 1.25 bits per heavy atom. The average molecular weight is 276 g/mol. The molecule has 110 valence electrons. The average Bonchev–Trinajstić information content (AvgIpc) is 2.47. The minimum Gasteiger partial charge on any atom is -0.510 e. The number of para-hydroxylation sites is 1. The quantitative estimate of drug-likeness (QED) is 0.698. The molecule has 4 nitrogen and oxygen atoms in total. The molecule has 3 N–H and O–H groups in total. The van der Waals surface area contributed by atoms with Crippen LogP contribution in [0.3, 0.4) is 0 Å². The highest BCUT2D eigenvalue weighted by atomic mass is 16.3. The number of likely N-dealkylation sites (tertiary alicyclic amines) is 1. The topological polar surface area (TPSA) is 55.7 Å². The van der Waals surface area contributed by atoms with E-state index in [1.54, 1.807) is 0 Å². The van der Waals surface area contributed by atoms with Crippen molar-refractivity contribution >= 4 is 5.69 Å². The summed E-state index contributed by atoms with van der Waals surface area (Å²) in [5, 5.41) is 22.4. The summed E-state index contributed by atoms with van der Waals surface area (Å²) in [4.78, 5) is 2.32. The smallest absolute Gasteiger partial charge is 0.111 e. The monoisotopic (exact) mass is 276 g/mol. The normalized spacial score (nSPS) is 18.6. The maximum absolute atomic E-state index is 10.0. The molecule has 4 heteroatoms. The third-order valence-electron chi connectivity index (χ3n) is 4.05. The minimum atomic E-state index is -0.433. The molecular formula is C16H24N2O2. The molecule has 0 spiro atoms. The van der Waals surface area contributed by atoms with Crippen LogP contribution in [-0.2, 0) is 0 Å². The number of hydrogen-bond acceptors (Lipinski definition) is 4. The van der Waals surface area contributed by atoms with Crippen LogP contribution < -0.4 is 5.32 Å². The van der Waals surface area contributed by atoms with Crippen molar-refractivity contribution in [1.29, 1.82) is 0 Å². The van der Waals surface area contributed by atoms with Gasteiger partial charge in [0.15, 0.2) is 0 Å². The summed E-state index contributed by atoms with van der Waals surface area (Å²) >= 11 is 0. The van der Waals surface area contributed by atoms with Gasteiger partial charge in [0.1, 0.15) is 5.76 Å². The van der Waals surface area contributed by atoms with Gasteiger partial charge in [-0.2, -0.15) is 0 Å². The number of benzene rings is 1. The van der Waals surface area contributed by atoms with Crippen molar-refractivity contribution in [2.45, 2.75) is 24.8 Å². The number of rotatable bonds is 6. The highest BCUT2D eigenvalue weighted by Crippen LogP contribution is 2.31. The highest BCUT2D eigenvalue weighted by Gasteiger charge is 2.37. The van der Waals surface area contributed by atoms with E-state index in [0.717, 1.165) is 44.6 Å². The van der Waals surface area contributed by atoms with Crippen LogP contribution in [-0.4, -0.2) is 46.9 Å². The second-order valence-electron chi connectivity index (χ2n) is 5.44. The molecular weight excluding hydrogens is 252 g/mol. The van der Waals surface area contributed by atoms with E-state index in [9.17, 15) is 5.11 Å². The van der Waals surface area contributed by atoms with Crippen LogP contribution in [0.1, 0.15) is 19.3 Å². The van der Waals surface area contributed by atoms with Crippen molar-refractivity contribution in [1.82, 2.24) is 4.90 Å². The lowest BCUT2D eigenvalue weighted by Gasteiger charge is -2.42. The van der Waals surface area contributed by atoms with E-state index in [1.165, 1.54) is 0 Å². The molecule has 2 rings (SSSR count). The Morgan fingerprint density at radius 2 is 1.90 bits per heavy atom. The van der Waals surface area contributed by atoms with E-state index in [4.69, 9.17) is 5.11 Å². The zero-order chi connectivity index (χ0) is 14.4. The molecule has 1 aromatic rings. The maximum Gasteiger partial charge on any atom is 0.111 e. The number of hydrogen-bond donors (Lipinski definition) is 3. The number of anilines is 1. The van der Waals surface area contributed by atoms with E-state index < -0.39 is 5.54 Å². The largest absolute Gasteiger partial charge is 0.510 e. The van der Waals surface area contributed by atoms with E-state index in [0.29, 0.717) is 0 Å². The molecule has 0 aromatic heterocycles. The fourth-order valence-corrected chi connectivity index (χ4v) is 2.74. The lowest BCUT2D eigenvalue weighted by atomic mass is 9.85. The van der Waals surface area contributed by atoms with Crippen LogP contribution in [0.25, 0.3) is 0 Å². The standard InChI is InChI=1S/C16H24N2O2/c1-14(20)16(17-15-6-3-2-4-7-15)8-11-18(12-9-16)10-5-13-19/h2-4,6-7,17,19-20H,1,5,8-13H2. The molecule has 0 aliphatic carbocycles. The Balaban J connectivity index is 2.00. The predicted molar refractivity (Wildman–Crippen MR) is 81.9 cm³/mol. The number of nitrogens with one attached hydrogen (secondary N) is 1. The van der Waals surface area contributed by atoms with Gasteiger partial charge in [-0.15, -0.1) is 0 Å². The third kappa shape index (κ3) is 3.52.